The lowest BCUT2D eigenvalue weighted by Crippen LogP contribution is -2.40. The van der Waals surface area contributed by atoms with E-state index in [1.54, 1.807) is 61.5 Å². The second-order valence-corrected chi connectivity index (χ2v) is 29.1. The van der Waals surface area contributed by atoms with Gasteiger partial charge in [0.15, 0.2) is 0 Å². The maximum absolute atomic E-state index is 13.3. The minimum atomic E-state index is -3.75. The molecule has 2 aliphatic rings. The fourth-order valence-electron chi connectivity index (χ4n) is 9.33. The fourth-order valence-corrected chi connectivity index (χ4v) is 14.8. The number of anilines is 3. The molecule has 2 aliphatic carbocycles. The second kappa shape index (κ2) is 28.2. The fraction of sp³-hybridized carbons (Fsp3) is 0.536. The van der Waals surface area contributed by atoms with E-state index in [-0.39, 0.29) is 52.6 Å². The molecule has 7 N–H and O–H groups in total. The first kappa shape index (κ1) is 64.7. The lowest BCUT2D eigenvalue weighted by Gasteiger charge is -2.29. The van der Waals surface area contributed by atoms with Crippen LogP contribution in [0, 0.1) is 0 Å². The van der Waals surface area contributed by atoms with Crippen molar-refractivity contribution in [2.45, 2.75) is 191 Å². The number of hydrogen-bond acceptors (Lipinski definition) is 16. The Labute approximate surface area is 494 Å². The lowest BCUT2D eigenvalue weighted by atomic mass is 9.86. The molecule has 4 aromatic heterocycles. The van der Waals surface area contributed by atoms with Crippen LogP contribution in [0.25, 0.3) is 20.9 Å². The van der Waals surface area contributed by atoms with E-state index in [1.165, 1.54) is 22.7 Å². The van der Waals surface area contributed by atoms with Crippen LogP contribution >= 0.6 is 38.6 Å². The highest BCUT2D eigenvalue weighted by Crippen LogP contribution is 2.42. The number of nitrogens with zero attached hydrogens (tertiary/aromatic N) is 6. The Hall–Kier alpha value is -5.44. The third-order valence-corrected chi connectivity index (χ3v) is 19.0. The number of carbonyl (C=O) groups is 2. The first-order chi connectivity index (χ1) is 38.1. The van der Waals surface area contributed by atoms with Gasteiger partial charge in [-0.05, 0) is 151 Å². The Kier molecular flexibility index (Phi) is 22.6. The van der Waals surface area contributed by atoms with E-state index >= 15 is 0 Å². The molecule has 0 saturated heterocycles. The van der Waals surface area contributed by atoms with Crippen molar-refractivity contribution in [2.75, 3.05) is 24.1 Å². The highest BCUT2D eigenvalue weighted by Gasteiger charge is 2.31. The van der Waals surface area contributed by atoms with Crippen molar-refractivity contribution in [3.05, 3.63) is 87.8 Å². The number of aromatic nitrogens is 6. The number of carbonyl (C=O) groups excluding carboxylic acids is 2. The van der Waals surface area contributed by atoms with Crippen LogP contribution in [0.3, 0.4) is 0 Å². The van der Waals surface area contributed by atoms with Gasteiger partial charge in [-0.15, -0.1) is 22.7 Å². The minimum absolute atomic E-state index is 0.0782. The zero-order valence-corrected chi connectivity index (χ0v) is 53.4. The van der Waals surface area contributed by atoms with Gasteiger partial charge in [-0.25, -0.2) is 55.2 Å². The van der Waals surface area contributed by atoms with E-state index in [0.29, 0.717) is 39.8 Å². The van der Waals surface area contributed by atoms with Crippen LogP contribution in [0.2, 0.25) is 0 Å². The molecule has 0 bridgehead atoms. The minimum Gasteiger partial charge on any atom is -0.444 e. The van der Waals surface area contributed by atoms with Crippen molar-refractivity contribution in [1.29, 1.82) is 0 Å². The summed E-state index contributed by atoms with van der Waals surface area (Å²) in [5.41, 5.74) is 6.43. The number of thiazole rings is 2. The van der Waals surface area contributed by atoms with E-state index in [1.807, 2.05) is 104 Å². The van der Waals surface area contributed by atoms with E-state index < -0.39 is 31.2 Å². The normalized spacial score (nSPS) is 17.8. The molecule has 0 spiro atoms. The van der Waals surface area contributed by atoms with Crippen LogP contribution in [-0.2, 0) is 29.5 Å². The van der Waals surface area contributed by atoms with Crippen LogP contribution in [0.1, 0.15) is 168 Å². The molecule has 0 aliphatic heterocycles. The summed E-state index contributed by atoms with van der Waals surface area (Å²) in [6.45, 7) is 23.4. The zero-order valence-electron chi connectivity index (χ0n) is 48.5. The summed E-state index contributed by atoms with van der Waals surface area (Å²) in [4.78, 5) is 35.6. The van der Waals surface area contributed by atoms with Crippen molar-refractivity contribution in [1.82, 2.24) is 49.6 Å². The van der Waals surface area contributed by atoms with Gasteiger partial charge in [0.25, 0.3) is 0 Å². The number of nitrogen functional groups attached to an aromatic ring is 1. The molecule has 20 nitrogen and oxygen atoms in total. The van der Waals surface area contributed by atoms with Crippen molar-refractivity contribution >= 4 is 88.2 Å². The van der Waals surface area contributed by atoms with Crippen molar-refractivity contribution in [2.24, 2.45) is 0 Å². The average Bonchev–Trinajstić information content (AvgIpc) is 4.38. The van der Waals surface area contributed by atoms with Gasteiger partial charge in [0.05, 0.1) is 42.0 Å². The van der Waals surface area contributed by atoms with Crippen LogP contribution in [0.5, 0.6) is 0 Å². The summed E-state index contributed by atoms with van der Waals surface area (Å²) in [7, 11) is -7.36. The van der Waals surface area contributed by atoms with Crippen LogP contribution in [0.15, 0.2) is 87.6 Å². The van der Waals surface area contributed by atoms with E-state index in [9.17, 15) is 26.4 Å². The standard InChI is InChI=1S/C28H40N6O4S2.C22H30BrN3O4S2.C6H11N3/c1-7-31-40(36,37)24-16-21(32-25-14-15-30-34(25)18(2)3)12-13-22(24)23-17-29-26(39-23)19-8-10-20(11-9-19)33-27(35)38-28(4,5)6;1-5-25-32(28,29)19-12-15(23)8-11-17(19)18-13-24-20(31-18)14-6-9-16(10-7-14)26-21(27)30-22(2,3)4;1-5(2)9-6(7)3-4-8-9/h12-20,31-32H,7-11H2,1-6H3,(H,33,35);8,11-14,16,25H,5-7,9-10H2,1-4H3,(H,26,27);3-5H,7H2,1-2H3. The molecular weight excluding hydrogens is 1180 g/mol. The second-order valence-electron chi connectivity index (χ2n) is 22.5. The van der Waals surface area contributed by atoms with Gasteiger partial charge in [-0.2, -0.15) is 10.2 Å². The predicted molar refractivity (Wildman–Crippen MR) is 326 cm³/mol. The molecule has 2 amide bonds. The summed E-state index contributed by atoms with van der Waals surface area (Å²) in [5, 5.41) is 19.6. The first-order valence-electron chi connectivity index (χ1n) is 27.5. The number of sulfonamides is 2. The third kappa shape index (κ3) is 18.8. The molecule has 0 radical (unpaired) electrons. The number of alkyl carbamates (subject to hydrolysis) is 2. The van der Waals surface area contributed by atoms with E-state index in [0.717, 1.165) is 82.8 Å². The Morgan fingerprint density at radius 2 is 1.09 bits per heavy atom. The van der Waals surface area contributed by atoms with Gasteiger partial charge in [-0.1, -0.05) is 41.9 Å². The Bertz CT molecular complexity index is 3250. The molecule has 2 fully saturated rings. The van der Waals surface area contributed by atoms with Gasteiger partial charge in [0, 0.05) is 88.8 Å². The molecule has 8 rings (SSSR count). The zero-order chi connectivity index (χ0) is 59.5. The Balaban J connectivity index is 0.000000229. The van der Waals surface area contributed by atoms with Gasteiger partial charge >= 0.3 is 12.2 Å². The molecule has 444 valence electrons. The van der Waals surface area contributed by atoms with E-state index in [2.05, 4.69) is 56.5 Å². The quantitative estimate of drug-likeness (QED) is 0.0526. The molecule has 25 heteroatoms. The molecule has 2 saturated carbocycles. The molecule has 4 heterocycles. The highest BCUT2D eigenvalue weighted by atomic mass is 79.9. The molecule has 0 unspecified atom stereocenters. The maximum Gasteiger partial charge on any atom is 0.407 e. The SMILES string of the molecule is CC(C)n1nccc1N.CCNS(=O)(=O)c1cc(Br)ccc1-c1cnc(C2CCC(NC(=O)OC(C)(C)C)CC2)s1.CCNS(=O)(=O)c1cc(Nc2ccnn2C(C)C)ccc1-c1cnc(C2CCC(NC(=O)OC(C)(C)C)CC2)s1. The Morgan fingerprint density at radius 1 is 0.654 bits per heavy atom. The van der Waals surface area contributed by atoms with Gasteiger partial charge < -0.3 is 31.2 Å². The van der Waals surface area contributed by atoms with Crippen LogP contribution in [-0.4, -0.2) is 94.9 Å². The number of ether oxygens (including phenoxy) is 2. The topological polar surface area (TPSA) is 268 Å². The summed E-state index contributed by atoms with van der Waals surface area (Å²) in [6, 6.07) is 15.0. The predicted octanol–water partition coefficient (Wildman–Crippen LogP) is 12.6. The van der Waals surface area contributed by atoms with Gasteiger partial charge in [-0.3, -0.25) is 0 Å². The lowest BCUT2D eigenvalue weighted by molar-refractivity contribution is 0.0479. The smallest absolute Gasteiger partial charge is 0.407 e. The van der Waals surface area contributed by atoms with Crippen LogP contribution < -0.4 is 31.1 Å². The number of halogens is 1. The number of nitrogens with two attached hydrogens (primary N) is 1. The molecule has 81 heavy (non-hydrogen) atoms. The molecule has 2 aromatic carbocycles. The number of amides is 2. The van der Waals surface area contributed by atoms with E-state index in [4.69, 9.17) is 20.2 Å². The maximum atomic E-state index is 13.3. The third-order valence-electron chi connectivity index (χ3n) is 13.0. The largest absolute Gasteiger partial charge is 0.444 e. The van der Waals surface area contributed by atoms with Gasteiger partial charge in [0.1, 0.15) is 22.8 Å². The molecular formula is C56H81BrN12O8S4. The molecule has 6 aromatic rings. The summed E-state index contributed by atoms with van der Waals surface area (Å²) < 4.78 is 72.2. The summed E-state index contributed by atoms with van der Waals surface area (Å²) in [5.74, 6) is 2.08. The Morgan fingerprint density at radius 3 is 1.49 bits per heavy atom. The number of benzene rings is 2. The monoisotopic (exact) mass is 1260 g/mol. The van der Waals surface area contributed by atoms with Crippen molar-refractivity contribution in [3.8, 4) is 20.9 Å². The number of rotatable bonds is 16. The van der Waals surface area contributed by atoms with Crippen molar-refractivity contribution in [3.63, 3.8) is 0 Å². The van der Waals surface area contributed by atoms with Crippen LogP contribution in [0.4, 0.5) is 26.9 Å². The number of nitrogens with one attached hydrogen (secondary N) is 5. The van der Waals surface area contributed by atoms with Gasteiger partial charge in [0.2, 0.25) is 20.0 Å². The summed E-state index contributed by atoms with van der Waals surface area (Å²) in [6.07, 6.45) is 13.2. The number of hydrogen-bond donors (Lipinski definition) is 6. The highest BCUT2D eigenvalue weighted by molar-refractivity contribution is 9.10. The molecule has 0 atom stereocenters. The first-order valence-corrected chi connectivity index (χ1v) is 32.9. The average molecular weight is 1260 g/mol. The van der Waals surface area contributed by atoms with Crippen molar-refractivity contribution < 1.29 is 35.9 Å². The summed E-state index contributed by atoms with van der Waals surface area (Å²) >= 11 is 6.45.